The number of Topliss-reactive ketones (excluding diaryl/α,β-unsaturated/α-hetero) is 1. The van der Waals surface area contributed by atoms with E-state index < -0.39 is 23.5 Å². The van der Waals surface area contributed by atoms with E-state index in [-0.39, 0.29) is 39.3 Å². The number of rotatable bonds is 6. The standard InChI is InChI=1S/C28H21Cl2FN2O4/c1-37-27-19(12-16(29)13-21(27)30)25(34)23-24(20-14-32-22-5-3-2-4-18(20)22)33(28(36)26(23)35)11-10-15-6-8-17(31)9-7-15/h2-9,12-14,24,32,34H,10-11H2,1H3/b25-23+. The molecule has 2 N–H and O–H groups in total. The lowest BCUT2D eigenvalue weighted by Gasteiger charge is -2.25. The lowest BCUT2D eigenvalue weighted by atomic mass is 9.94. The molecule has 1 aromatic heterocycles. The Morgan fingerprint density at radius 2 is 1.84 bits per heavy atom. The van der Waals surface area contributed by atoms with Crippen LogP contribution in [0.15, 0.2) is 72.4 Å². The Hall–Kier alpha value is -3.81. The number of benzene rings is 3. The van der Waals surface area contributed by atoms with Gasteiger partial charge in [-0.1, -0.05) is 53.5 Å². The molecule has 6 nitrogen and oxygen atoms in total. The van der Waals surface area contributed by atoms with Crippen LogP contribution in [-0.2, 0) is 16.0 Å². The van der Waals surface area contributed by atoms with Crippen molar-refractivity contribution in [1.29, 1.82) is 0 Å². The minimum absolute atomic E-state index is 0.0985. The highest BCUT2D eigenvalue weighted by atomic mass is 35.5. The van der Waals surface area contributed by atoms with Gasteiger partial charge in [-0.3, -0.25) is 9.59 Å². The molecule has 1 amide bonds. The summed E-state index contributed by atoms with van der Waals surface area (Å²) < 4.78 is 18.8. The summed E-state index contributed by atoms with van der Waals surface area (Å²) in [5.74, 6) is -2.29. The number of aliphatic hydroxyl groups is 1. The fraction of sp³-hybridized carbons (Fsp3) is 0.143. The Kier molecular flexibility index (Phi) is 6.67. The highest BCUT2D eigenvalue weighted by Crippen LogP contribution is 2.44. The Labute approximate surface area is 221 Å². The topological polar surface area (TPSA) is 82.6 Å². The van der Waals surface area contributed by atoms with Crippen molar-refractivity contribution in [3.8, 4) is 5.75 Å². The molecule has 37 heavy (non-hydrogen) atoms. The molecular formula is C28H21Cl2FN2O4. The molecule has 3 aromatic carbocycles. The molecule has 1 unspecified atom stereocenters. The van der Waals surface area contributed by atoms with Crippen LogP contribution < -0.4 is 4.74 Å². The van der Waals surface area contributed by atoms with Crippen LogP contribution in [0.5, 0.6) is 5.75 Å². The molecule has 1 atom stereocenters. The average Bonchev–Trinajstić information content (AvgIpc) is 3.41. The zero-order chi connectivity index (χ0) is 26.3. The van der Waals surface area contributed by atoms with Crippen molar-refractivity contribution in [1.82, 2.24) is 9.88 Å². The van der Waals surface area contributed by atoms with Gasteiger partial charge in [-0.15, -0.1) is 0 Å². The van der Waals surface area contributed by atoms with Gasteiger partial charge >= 0.3 is 0 Å². The van der Waals surface area contributed by atoms with Crippen molar-refractivity contribution in [3.63, 3.8) is 0 Å². The number of aromatic nitrogens is 1. The number of carbonyl (C=O) groups excluding carboxylic acids is 2. The number of nitrogens with zero attached hydrogens (tertiary/aromatic N) is 1. The number of hydrogen-bond acceptors (Lipinski definition) is 4. The zero-order valence-corrected chi connectivity index (χ0v) is 21.1. The minimum Gasteiger partial charge on any atom is -0.507 e. The summed E-state index contributed by atoms with van der Waals surface area (Å²) in [6, 6.07) is 15.4. The van der Waals surface area contributed by atoms with E-state index in [1.807, 2.05) is 24.3 Å². The van der Waals surface area contributed by atoms with Gasteiger partial charge in [0.2, 0.25) is 0 Å². The van der Waals surface area contributed by atoms with E-state index >= 15 is 0 Å². The number of aliphatic hydroxyl groups excluding tert-OH is 1. The summed E-state index contributed by atoms with van der Waals surface area (Å²) >= 11 is 12.5. The van der Waals surface area contributed by atoms with Crippen molar-refractivity contribution < 1.29 is 23.8 Å². The van der Waals surface area contributed by atoms with Gasteiger partial charge in [-0.25, -0.2) is 4.39 Å². The van der Waals surface area contributed by atoms with E-state index in [1.165, 1.54) is 36.3 Å². The fourth-order valence-electron chi connectivity index (χ4n) is 4.74. The van der Waals surface area contributed by atoms with Crippen molar-refractivity contribution in [2.45, 2.75) is 12.5 Å². The van der Waals surface area contributed by atoms with Gasteiger partial charge in [0.05, 0.1) is 29.3 Å². The number of nitrogens with one attached hydrogen (secondary N) is 1. The number of carbonyl (C=O) groups is 2. The van der Waals surface area contributed by atoms with Crippen LogP contribution in [0, 0.1) is 5.82 Å². The van der Waals surface area contributed by atoms with E-state index in [9.17, 15) is 19.1 Å². The molecule has 0 radical (unpaired) electrons. The van der Waals surface area contributed by atoms with E-state index in [1.54, 1.807) is 18.3 Å². The lowest BCUT2D eigenvalue weighted by Crippen LogP contribution is -2.31. The van der Waals surface area contributed by atoms with Gasteiger partial charge in [-0.2, -0.15) is 0 Å². The summed E-state index contributed by atoms with van der Waals surface area (Å²) in [7, 11) is 1.38. The number of hydrogen-bond donors (Lipinski definition) is 2. The van der Waals surface area contributed by atoms with Crippen molar-refractivity contribution in [2.24, 2.45) is 0 Å². The number of amides is 1. The first-order valence-electron chi connectivity index (χ1n) is 11.4. The zero-order valence-electron chi connectivity index (χ0n) is 19.6. The van der Waals surface area contributed by atoms with Crippen LogP contribution in [-0.4, -0.2) is 40.3 Å². The number of likely N-dealkylation sites (tertiary alicyclic amines) is 1. The third kappa shape index (κ3) is 4.45. The molecule has 1 aliphatic rings. The predicted molar refractivity (Wildman–Crippen MR) is 140 cm³/mol. The molecule has 0 bridgehead atoms. The minimum atomic E-state index is -0.904. The summed E-state index contributed by atoms with van der Waals surface area (Å²) in [5, 5.41) is 12.6. The fourth-order valence-corrected chi connectivity index (χ4v) is 5.31. The molecule has 9 heteroatoms. The first-order valence-corrected chi connectivity index (χ1v) is 12.2. The Balaban J connectivity index is 1.68. The molecule has 1 saturated heterocycles. The number of ether oxygens (including phenoxy) is 1. The van der Waals surface area contributed by atoms with Gasteiger partial charge in [-0.05, 0) is 42.3 Å². The number of para-hydroxylation sites is 1. The molecule has 0 spiro atoms. The highest BCUT2D eigenvalue weighted by Gasteiger charge is 2.47. The number of fused-ring (bicyclic) bond motifs is 1. The first kappa shape index (κ1) is 24.9. The van der Waals surface area contributed by atoms with E-state index in [2.05, 4.69) is 4.98 Å². The van der Waals surface area contributed by atoms with Crippen LogP contribution >= 0.6 is 23.2 Å². The van der Waals surface area contributed by atoms with Crippen molar-refractivity contribution in [3.05, 3.63) is 105 Å². The molecule has 1 aliphatic heterocycles. The van der Waals surface area contributed by atoms with E-state index in [0.717, 1.165) is 16.5 Å². The van der Waals surface area contributed by atoms with Gasteiger partial charge in [0, 0.05) is 34.2 Å². The number of aromatic amines is 1. The average molecular weight is 539 g/mol. The van der Waals surface area contributed by atoms with Crippen LogP contribution in [0.1, 0.15) is 22.7 Å². The Morgan fingerprint density at radius 1 is 1.11 bits per heavy atom. The Morgan fingerprint density at radius 3 is 2.57 bits per heavy atom. The molecule has 1 fully saturated rings. The molecular weight excluding hydrogens is 518 g/mol. The van der Waals surface area contributed by atoms with E-state index in [0.29, 0.717) is 12.0 Å². The second kappa shape index (κ2) is 9.92. The second-order valence-corrected chi connectivity index (χ2v) is 9.47. The first-order chi connectivity index (χ1) is 17.8. The predicted octanol–water partition coefficient (Wildman–Crippen LogP) is 6.29. The van der Waals surface area contributed by atoms with Crippen molar-refractivity contribution >= 4 is 51.6 Å². The monoisotopic (exact) mass is 538 g/mol. The smallest absolute Gasteiger partial charge is 0.295 e. The third-order valence-corrected chi connectivity index (χ3v) is 6.98. The molecule has 188 valence electrons. The Bertz CT molecular complexity index is 1560. The van der Waals surface area contributed by atoms with Crippen LogP contribution in [0.3, 0.4) is 0 Å². The van der Waals surface area contributed by atoms with Crippen LogP contribution in [0.2, 0.25) is 10.0 Å². The summed E-state index contributed by atoms with van der Waals surface area (Å²) in [6.07, 6.45) is 2.10. The molecule has 4 aromatic rings. The van der Waals surface area contributed by atoms with Gasteiger partial charge in [0.15, 0.2) is 0 Å². The van der Waals surface area contributed by atoms with Crippen LogP contribution in [0.25, 0.3) is 16.7 Å². The number of halogens is 3. The number of H-pyrrole nitrogens is 1. The van der Waals surface area contributed by atoms with Gasteiger partial charge in [0.1, 0.15) is 17.3 Å². The van der Waals surface area contributed by atoms with Crippen molar-refractivity contribution in [2.75, 3.05) is 13.7 Å². The van der Waals surface area contributed by atoms with Gasteiger partial charge in [0.25, 0.3) is 11.7 Å². The SMILES string of the molecule is COc1c(Cl)cc(Cl)cc1/C(O)=C1\C(=O)C(=O)N(CCc2ccc(F)cc2)C1c1c[nH]c2ccccc12. The summed E-state index contributed by atoms with van der Waals surface area (Å²) in [4.78, 5) is 31.4. The quantitative estimate of drug-likeness (QED) is 0.172. The normalized spacial score (nSPS) is 17.1. The van der Waals surface area contributed by atoms with E-state index in [4.69, 9.17) is 27.9 Å². The molecule has 2 heterocycles. The third-order valence-electron chi connectivity index (χ3n) is 6.48. The second-order valence-electron chi connectivity index (χ2n) is 8.63. The number of ketones is 1. The van der Waals surface area contributed by atoms with Gasteiger partial charge < -0.3 is 19.7 Å². The summed E-state index contributed by atoms with van der Waals surface area (Å²) in [5.41, 5.74) is 2.24. The maximum absolute atomic E-state index is 13.4. The molecule has 0 saturated carbocycles. The highest BCUT2D eigenvalue weighted by molar-refractivity contribution is 6.47. The molecule has 0 aliphatic carbocycles. The van der Waals surface area contributed by atoms with Crippen LogP contribution in [0.4, 0.5) is 4.39 Å². The lowest BCUT2D eigenvalue weighted by molar-refractivity contribution is -0.139. The maximum atomic E-state index is 13.4. The largest absolute Gasteiger partial charge is 0.507 e. The summed E-state index contributed by atoms with van der Waals surface area (Å²) in [6.45, 7) is 0.157. The molecule has 5 rings (SSSR count). The maximum Gasteiger partial charge on any atom is 0.295 e. The number of methoxy groups -OCH3 is 1.